The number of likely N-dealkylation sites (tertiary alicyclic amines) is 2. The zero-order chi connectivity index (χ0) is 42.3. The average Bonchev–Trinajstić information content (AvgIpc) is 3.45. The van der Waals surface area contributed by atoms with Gasteiger partial charge in [0.1, 0.15) is 23.7 Å². The maximum Gasteiger partial charge on any atom is 0.245 e. The van der Waals surface area contributed by atoms with Gasteiger partial charge in [0.2, 0.25) is 23.6 Å². The highest BCUT2D eigenvalue weighted by atomic mass is 19.1. The second-order valence-corrected chi connectivity index (χ2v) is 17.1. The molecule has 2 saturated heterocycles. The Kier molecular flexibility index (Phi) is 12.2. The van der Waals surface area contributed by atoms with E-state index >= 15 is 0 Å². The quantitative estimate of drug-likeness (QED) is 0.0949. The van der Waals surface area contributed by atoms with Crippen molar-refractivity contribution in [2.75, 3.05) is 27.2 Å². The minimum Gasteiger partial charge on any atom is -0.391 e. The molecule has 1 spiro atoms. The predicted octanol–water partition coefficient (Wildman–Crippen LogP) is 4.03. The van der Waals surface area contributed by atoms with Crippen LogP contribution in [0.4, 0.5) is 8.78 Å². The molecule has 1 unspecified atom stereocenters. The van der Waals surface area contributed by atoms with Crippen LogP contribution in [0.25, 0.3) is 33.2 Å². The Morgan fingerprint density at radius 3 is 1.71 bits per heavy atom. The van der Waals surface area contributed by atoms with E-state index in [1.165, 1.54) is 24.3 Å². The highest BCUT2D eigenvalue weighted by molar-refractivity contribution is 5.97. The van der Waals surface area contributed by atoms with Gasteiger partial charge in [0.15, 0.2) is 0 Å². The number of carbonyl (C=O) groups is 4. The number of fused-ring (bicyclic) bond motifs is 2. The summed E-state index contributed by atoms with van der Waals surface area (Å²) in [6.07, 6.45) is 3.83. The van der Waals surface area contributed by atoms with Gasteiger partial charge in [-0.25, -0.2) is 8.78 Å². The van der Waals surface area contributed by atoms with Crippen LogP contribution in [0.2, 0.25) is 0 Å². The van der Waals surface area contributed by atoms with Crippen LogP contribution in [0.3, 0.4) is 0 Å². The molecule has 3 aliphatic rings. The van der Waals surface area contributed by atoms with Gasteiger partial charge >= 0.3 is 0 Å². The van der Waals surface area contributed by atoms with Crippen molar-refractivity contribution in [1.82, 2.24) is 41.0 Å². The van der Waals surface area contributed by atoms with Crippen LogP contribution >= 0.6 is 0 Å². The summed E-state index contributed by atoms with van der Waals surface area (Å²) >= 11 is 0. The zero-order valence-electron chi connectivity index (χ0n) is 34.8. The lowest BCUT2D eigenvalue weighted by Gasteiger charge is -2.30. The minimum atomic E-state index is -0.794. The van der Waals surface area contributed by atoms with Crippen molar-refractivity contribution in [2.45, 2.75) is 121 Å². The number of aliphatic hydroxyl groups is 1. The number of nitrogens with zero attached hydrogens (tertiary/aromatic N) is 2. The number of H-pyrrole nitrogens is 2. The van der Waals surface area contributed by atoms with Crippen LogP contribution in [0.1, 0.15) is 77.3 Å². The molecule has 2 aromatic heterocycles. The van der Waals surface area contributed by atoms with E-state index in [9.17, 15) is 33.1 Å². The van der Waals surface area contributed by atoms with E-state index in [4.69, 9.17) is 0 Å². The van der Waals surface area contributed by atoms with E-state index in [0.29, 0.717) is 61.1 Å². The molecule has 15 heteroatoms. The predicted molar refractivity (Wildman–Crippen MR) is 222 cm³/mol. The van der Waals surface area contributed by atoms with Crippen LogP contribution in [-0.2, 0) is 32.0 Å². The topological polar surface area (TPSA) is 175 Å². The molecule has 0 bridgehead atoms. The van der Waals surface area contributed by atoms with Crippen molar-refractivity contribution in [1.29, 1.82) is 0 Å². The molecule has 3 fully saturated rings. The number of hydrogen-bond acceptors (Lipinski definition) is 7. The first-order chi connectivity index (χ1) is 28.2. The maximum absolute atomic E-state index is 14.9. The summed E-state index contributed by atoms with van der Waals surface area (Å²) < 4.78 is 29.7. The number of likely N-dealkylation sites (N-methyl/N-ethyl adjacent to an activating group) is 2. The lowest BCUT2D eigenvalue weighted by molar-refractivity contribution is -0.138. The first-order valence-corrected chi connectivity index (χ1v) is 21.0. The van der Waals surface area contributed by atoms with Gasteiger partial charge in [-0.3, -0.25) is 19.2 Å². The molecule has 4 aromatic rings. The Balaban J connectivity index is 1.27. The molecule has 0 radical (unpaired) electrons. The fraction of sp³-hybridized carbons (Fsp3) is 0.545. The van der Waals surface area contributed by atoms with Crippen LogP contribution in [-0.4, -0.2) is 118 Å². The summed E-state index contributed by atoms with van der Waals surface area (Å²) in [5.41, 5.74) is 4.08. The smallest absolute Gasteiger partial charge is 0.245 e. The van der Waals surface area contributed by atoms with Gasteiger partial charge in [-0.1, -0.05) is 13.8 Å². The molecule has 2 aliphatic heterocycles. The fourth-order valence-corrected chi connectivity index (χ4v) is 9.21. The third-order valence-electron chi connectivity index (χ3n) is 13.1. The van der Waals surface area contributed by atoms with Crippen molar-refractivity contribution in [3.63, 3.8) is 0 Å². The standard InChI is InChI=1S/C44H58F2N8O5/c1-7-34(51-40(56)23(3)47-5)42(58)53-21-29(55)17-27(53)18-32-30-11-9-25(45)15-36(30)49-38(32)39-33(31-12-10-26(46)16-37(31)50-39)19-28-20-44(13-14-44)22-54(28)43(59)35(8-2)52-41(57)24(4)48-6/h9-12,15-16,23-24,27-29,34-35,47-50,55H,7-8,13-14,17-22H2,1-6H3,(H,51,56)(H,52,57)/t23-,24-,27-,28?,29-,34-,35-/m0/s1. The van der Waals surface area contributed by atoms with E-state index in [1.54, 1.807) is 45.0 Å². The molecule has 59 heavy (non-hydrogen) atoms. The summed E-state index contributed by atoms with van der Waals surface area (Å²) in [4.78, 5) is 64.7. The zero-order valence-corrected chi connectivity index (χ0v) is 34.8. The first-order valence-electron chi connectivity index (χ1n) is 21.0. The molecule has 4 amide bonds. The second-order valence-electron chi connectivity index (χ2n) is 17.1. The number of nitrogens with one attached hydrogen (secondary N) is 6. The van der Waals surface area contributed by atoms with E-state index < -0.39 is 47.9 Å². The van der Waals surface area contributed by atoms with E-state index in [-0.39, 0.29) is 41.6 Å². The molecule has 318 valence electrons. The Bertz CT molecular complexity index is 2230. The van der Waals surface area contributed by atoms with Gasteiger partial charge < -0.3 is 46.1 Å². The number of amides is 4. The number of carbonyl (C=O) groups excluding carboxylic acids is 4. The van der Waals surface area contributed by atoms with Crippen LogP contribution in [0.5, 0.6) is 0 Å². The highest BCUT2D eigenvalue weighted by Crippen LogP contribution is 2.56. The average molecular weight is 817 g/mol. The second kappa shape index (κ2) is 17.0. The lowest BCUT2D eigenvalue weighted by atomic mass is 9.93. The maximum atomic E-state index is 14.9. The normalized spacial score (nSPS) is 21.9. The molecule has 7 atom stereocenters. The van der Waals surface area contributed by atoms with Crippen molar-refractivity contribution < 1.29 is 33.1 Å². The number of β-amino-alcohol motifs (C(OH)–C–C–N with tert-alkyl or cyclic N) is 1. The van der Waals surface area contributed by atoms with Crippen LogP contribution in [0.15, 0.2) is 36.4 Å². The Labute approximate surface area is 343 Å². The highest BCUT2D eigenvalue weighted by Gasteiger charge is 2.54. The minimum absolute atomic E-state index is 0.0172. The monoisotopic (exact) mass is 816 g/mol. The largest absolute Gasteiger partial charge is 0.391 e. The molecule has 1 saturated carbocycles. The summed E-state index contributed by atoms with van der Waals surface area (Å²) in [5, 5.41) is 24.2. The van der Waals surface area contributed by atoms with Crippen molar-refractivity contribution in [3.8, 4) is 11.4 Å². The number of aromatic nitrogens is 2. The molecular weight excluding hydrogens is 759 g/mol. The first kappa shape index (κ1) is 42.3. The third-order valence-corrected chi connectivity index (χ3v) is 13.1. The summed E-state index contributed by atoms with van der Waals surface area (Å²) in [5.74, 6) is -1.82. The van der Waals surface area contributed by atoms with Crippen molar-refractivity contribution in [3.05, 3.63) is 59.2 Å². The number of hydrogen-bond donors (Lipinski definition) is 7. The lowest BCUT2D eigenvalue weighted by Crippen LogP contribution is -2.53. The fourth-order valence-electron chi connectivity index (χ4n) is 9.21. The van der Waals surface area contributed by atoms with Gasteiger partial charge in [0.25, 0.3) is 0 Å². The van der Waals surface area contributed by atoms with Gasteiger partial charge in [-0.05, 0) is 132 Å². The molecule has 7 rings (SSSR count). The number of aromatic amines is 2. The van der Waals surface area contributed by atoms with Crippen LogP contribution in [0, 0.1) is 17.0 Å². The van der Waals surface area contributed by atoms with Gasteiger partial charge in [-0.15, -0.1) is 0 Å². The third kappa shape index (κ3) is 8.46. The van der Waals surface area contributed by atoms with Gasteiger partial charge in [0.05, 0.1) is 29.6 Å². The van der Waals surface area contributed by atoms with Crippen molar-refractivity contribution in [2.24, 2.45) is 5.41 Å². The number of halogens is 2. The molecule has 2 aromatic carbocycles. The van der Waals surface area contributed by atoms with Crippen LogP contribution < -0.4 is 21.3 Å². The van der Waals surface area contributed by atoms with E-state index in [0.717, 1.165) is 41.2 Å². The molecular formula is C44H58F2N8O5. The summed E-state index contributed by atoms with van der Waals surface area (Å²) in [7, 11) is 3.37. The van der Waals surface area contributed by atoms with E-state index in [2.05, 4.69) is 31.2 Å². The molecule has 7 N–H and O–H groups in total. The number of benzene rings is 2. The molecule has 1 aliphatic carbocycles. The van der Waals surface area contributed by atoms with E-state index in [1.807, 2.05) is 18.7 Å². The summed E-state index contributed by atoms with van der Waals surface area (Å²) in [6, 6.07) is 5.99. The SMILES string of the molecule is CC[C@H](NC(=O)[C@H](C)NC)C(=O)N1CC2(CC2)CC1Cc1c(-c2[nH]c3cc(F)ccc3c2C[C@@H]2C[C@H](O)CN2C(=O)[C@H](CC)NC(=O)[C@H](C)NC)[nH]c2cc(F)ccc12. The number of aliphatic hydroxyl groups excluding tert-OH is 1. The Morgan fingerprint density at radius 2 is 1.25 bits per heavy atom. The van der Waals surface area contributed by atoms with Gasteiger partial charge in [-0.2, -0.15) is 0 Å². The van der Waals surface area contributed by atoms with Crippen molar-refractivity contribution >= 4 is 45.4 Å². The number of rotatable bonds is 15. The Morgan fingerprint density at radius 1 is 0.780 bits per heavy atom. The van der Waals surface area contributed by atoms with Gasteiger partial charge in [0, 0.05) is 47.0 Å². The molecule has 4 heterocycles. The molecule has 13 nitrogen and oxygen atoms in total. The Hall–Kier alpha value is -4.86. The summed E-state index contributed by atoms with van der Waals surface area (Å²) in [6.45, 7) is 7.86.